The van der Waals surface area contributed by atoms with E-state index < -0.39 is 0 Å². The average molecular weight is 275 g/mol. The van der Waals surface area contributed by atoms with E-state index in [4.69, 9.17) is 0 Å². The molecule has 0 unspecified atom stereocenters. The third-order valence-corrected chi connectivity index (χ3v) is 4.41. The molecule has 0 fully saturated rings. The number of hydrogen-bond acceptors (Lipinski definition) is 1. The molecule has 0 spiro atoms. The van der Waals surface area contributed by atoms with Gasteiger partial charge in [-0.15, -0.1) is 11.3 Å². The van der Waals surface area contributed by atoms with Crippen molar-refractivity contribution in [2.24, 2.45) is 0 Å². The Labute approximate surface area is 121 Å². The third kappa shape index (κ3) is 1.86. The molecule has 2 heterocycles. The number of nitrogens with zero attached hydrogens (tertiary/aromatic N) is 1. The second kappa shape index (κ2) is 4.66. The van der Waals surface area contributed by atoms with E-state index in [2.05, 4.69) is 82.7 Å². The van der Waals surface area contributed by atoms with Gasteiger partial charge in [-0.3, -0.25) is 0 Å². The molecule has 4 rings (SSSR count). The van der Waals surface area contributed by atoms with E-state index in [-0.39, 0.29) is 0 Å². The lowest BCUT2D eigenvalue weighted by Crippen LogP contribution is -1.82. The summed E-state index contributed by atoms with van der Waals surface area (Å²) in [5, 5.41) is 2.22. The van der Waals surface area contributed by atoms with Crippen molar-refractivity contribution >= 4 is 16.2 Å². The van der Waals surface area contributed by atoms with Crippen LogP contribution in [0.1, 0.15) is 0 Å². The van der Waals surface area contributed by atoms with Crippen molar-refractivity contribution in [3.8, 4) is 22.4 Å². The summed E-state index contributed by atoms with van der Waals surface area (Å²) in [6, 6.07) is 23.3. The minimum atomic E-state index is 1.26. The second-order valence-electron chi connectivity index (χ2n) is 4.79. The number of hydrogen-bond donors (Lipinski definition) is 0. The molecule has 20 heavy (non-hydrogen) atoms. The molecule has 0 radical (unpaired) electrons. The van der Waals surface area contributed by atoms with Crippen molar-refractivity contribution < 1.29 is 0 Å². The Bertz CT molecular complexity index is 841. The highest BCUT2D eigenvalue weighted by atomic mass is 32.1. The smallest absolute Gasteiger partial charge is 0.100 e. The van der Waals surface area contributed by atoms with E-state index >= 15 is 0 Å². The van der Waals surface area contributed by atoms with Gasteiger partial charge in [0.25, 0.3) is 0 Å². The molecular weight excluding hydrogens is 262 g/mol. The van der Waals surface area contributed by atoms with E-state index in [0.717, 1.165) is 0 Å². The Morgan fingerprint density at radius 2 is 1.35 bits per heavy atom. The predicted octanol–water partition coefficient (Wildman–Crippen LogP) is 5.33. The zero-order valence-electron chi connectivity index (χ0n) is 10.9. The van der Waals surface area contributed by atoms with E-state index in [1.54, 1.807) is 11.3 Å². The lowest BCUT2D eigenvalue weighted by Gasteiger charge is -1.99. The van der Waals surface area contributed by atoms with Crippen LogP contribution >= 0.6 is 11.3 Å². The van der Waals surface area contributed by atoms with Gasteiger partial charge in [-0.2, -0.15) is 0 Å². The standard InChI is InChI=1S/C18H13NS/c1-3-7-14(8-4-1)16-11-18-19(12-16)17(13-20-18)15-9-5-2-6-10-15/h1-13H. The Morgan fingerprint density at radius 1 is 0.700 bits per heavy atom. The molecule has 0 aliphatic heterocycles. The molecule has 0 N–H and O–H groups in total. The van der Waals surface area contributed by atoms with Gasteiger partial charge in [0.15, 0.2) is 0 Å². The van der Waals surface area contributed by atoms with Gasteiger partial charge in [0.05, 0.1) is 5.69 Å². The minimum Gasteiger partial charge on any atom is -0.307 e. The first-order chi connectivity index (χ1) is 9.92. The van der Waals surface area contributed by atoms with Crippen LogP contribution in [0.15, 0.2) is 78.3 Å². The first kappa shape index (κ1) is 11.5. The normalized spacial score (nSPS) is 11.0. The van der Waals surface area contributed by atoms with Crippen molar-refractivity contribution in [2.45, 2.75) is 0 Å². The molecule has 0 amide bonds. The molecule has 96 valence electrons. The van der Waals surface area contributed by atoms with Crippen molar-refractivity contribution in [1.29, 1.82) is 0 Å². The van der Waals surface area contributed by atoms with Gasteiger partial charge in [-0.1, -0.05) is 60.7 Å². The molecule has 0 saturated carbocycles. The molecule has 1 nitrogen and oxygen atoms in total. The highest BCUT2D eigenvalue weighted by molar-refractivity contribution is 7.16. The van der Waals surface area contributed by atoms with Gasteiger partial charge in [0.1, 0.15) is 4.83 Å². The second-order valence-corrected chi connectivity index (χ2v) is 5.68. The summed E-state index contributed by atoms with van der Waals surface area (Å²) in [4.78, 5) is 1.28. The molecule has 2 aromatic carbocycles. The molecule has 0 aliphatic rings. The van der Waals surface area contributed by atoms with Crippen molar-refractivity contribution in [3.05, 3.63) is 78.3 Å². The van der Waals surface area contributed by atoms with Crippen LogP contribution in [-0.2, 0) is 0 Å². The highest BCUT2D eigenvalue weighted by Gasteiger charge is 2.08. The number of rotatable bonds is 2. The first-order valence-electron chi connectivity index (χ1n) is 6.62. The summed E-state index contributed by atoms with van der Waals surface area (Å²) < 4.78 is 2.28. The molecule has 2 aromatic heterocycles. The van der Waals surface area contributed by atoms with Gasteiger partial charge in [-0.25, -0.2) is 0 Å². The van der Waals surface area contributed by atoms with Crippen molar-refractivity contribution in [3.63, 3.8) is 0 Å². The van der Waals surface area contributed by atoms with Gasteiger partial charge >= 0.3 is 0 Å². The van der Waals surface area contributed by atoms with Gasteiger partial charge < -0.3 is 4.40 Å². The van der Waals surface area contributed by atoms with Crippen LogP contribution in [-0.4, -0.2) is 4.40 Å². The predicted molar refractivity (Wildman–Crippen MR) is 86.1 cm³/mol. The Hall–Kier alpha value is -2.32. The highest BCUT2D eigenvalue weighted by Crippen LogP contribution is 2.31. The van der Waals surface area contributed by atoms with Gasteiger partial charge in [-0.05, 0) is 17.2 Å². The van der Waals surface area contributed by atoms with E-state index in [1.807, 2.05) is 0 Å². The SMILES string of the molecule is c1ccc(-c2cc3scc(-c4ccccc4)n3c2)cc1. The molecule has 2 heteroatoms. The molecular formula is C18H13NS. The molecule has 0 atom stereocenters. The van der Waals surface area contributed by atoms with Crippen molar-refractivity contribution in [2.75, 3.05) is 0 Å². The Balaban J connectivity index is 1.88. The fourth-order valence-electron chi connectivity index (χ4n) is 2.50. The summed E-state index contributed by atoms with van der Waals surface area (Å²) in [5.41, 5.74) is 5.05. The van der Waals surface area contributed by atoms with Crippen LogP contribution in [0.25, 0.3) is 27.2 Å². The Kier molecular flexibility index (Phi) is 2.68. The minimum absolute atomic E-state index is 1.26. The van der Waals surface area contributed by atoms with Gasteiger partial charge in [0.2, 0.25) is 0 Å². The van der Waals surface area contributed by atoms with Crippen LogP contribution < -0.4 is 0 Å². The summed E-state index contributed by atoms with van der Waals surface area (Å²) in [6.07, 6.45) is 2.23. The maximum atomic E-state index is 2.28. The third-order valence-electron chi connectivity index (χ3n) is 3.51. The van der Waals surface area contributed by atoms with Gasteiger partial charge in [0, 0.05) is 17.1 Å². The number of aromatic nitrogens is 1. The van der Waals surface area contributed by atoms with Crippen LogP contribution in [0.4, 0.5) is 0 Å². The lowest BCUT2D eigenvalue weighted by molar-refractivity contribution is 1.24. The number of thiazole rings is 1. The van der Waals surface area contributed by atoms with E-state index in [1.165, 1.54) is 27.2 Å². The fourth-order valence-corrected chi connectivity index (χ4v) is 3.44. The van der Waals surface area contributed by atoms with E-state index in [9.17, 15) is 0 Å². The zero-order chi connectivity index (χ0) is 13.4. The average Bonchev–Trinajstić information content (AvgIpc) is 3.09. The monoisotopic (exact) mass is 275 g/mol. The molecule has 4 aromatic rings. The summed E-state index contributed by atoms with van der Waals surface area (Å²) in [7, 11) is 0. The summed E-state index contributed by atoms with van der Waals surface area (Å²) in [5.74, 6) is 0. The molecule has 0 aliphatic carbocycles. The maximum Gasteiger partial charge on any atom is 0.100 e. The van der Waals surface area contributed by atoms with Crippen LogP contribution in [0, 0.1) is 0 Å². The van der Waals surface area contributed by atoms with E-state index in [0.29, 0.717) is 0 Å². The topological polar surface area (TPSA) is 4.41 Å². The Morgan fingerprint density at radius 3 is 2.05 bits per heavy atom. The van der Waals surface area contributed by atoms with Crippen LogP contribution in [0.3, 0.4) is 0 Å². The number of benzene rings is 2. The zero-order valence-corrected chi connectivity index (χ0v) is 11.7. The number of fused-ring (bicyclic) bond motifs is 1. The maximum absolute atomic E-state index is 2.28. The molecule has 0 saturated heterocycles. The first-order valence-corrected chi connectivity index (χ1v) is 7.50. The fraction of sp³-hybridized carbons (Fsp3) is 0. The summed E-state index contributed by atoms with van der Waals surface area (Å²) >= 11 is 1.79. The van der Waals surface area contributed by atoms with Crippen LogP contribution in [0.5, 0.6) is 0 Å². The van der Waals surface area contributed by atoms with Crippen LogP contribution in [0.2, 0.25) is 0 Å². The lowest BCUT2D eigenvalue weighted by atomic mass is 10.1. The molecule has 0 bridgehead atoms. The van der Waals surface area contributed by atoms with Crippen molar-refractivity contribution in [1.82, 2.24) is 4.40 Å². The largest absolute Gasteiger partial charge is 0.307 e. The summed E-state index contributed by atoms with van der Waals surface area (Å²) in [6.45, 7) is 0. The quantitative estimate of drug-likeness (QED) is 0.465.